The monoisotopic (exact) mass is 476 g/mol. The van der Waals surface area contributed by atoms with E-state index >= 15 is 0 Å². The van der Waals surface area contributed by atoms with Gasteiger partial charge in [-0.2, -0.15) is 0 Å². The highest BCUT2D eigenvalue weighted by molar-refractivity contribution is 9.10. The summed E-state index contributed by atoms with van der Waals surface area (Å²) in [5, 5.41) is 0. The molecule has 0 radical (unpaired) electrons. The Hall–Kier alpha value is -3.18. The molecule has 0 unspecified atom stereocenters. The molecule has 0 spiro atoms. The van der Waals surface area contributed by atoms with Crippen LogP contribution in [0.3, 0.4) is 0 Å². The smallest absolute Gasteiger partial charge is 0.343 e. The van der Waals surface area contributed by atoms with Gasteiger partial charge in [0, 0.05) is 10.0 Å². The molecule has 0 amide bonds. The van der Waals surface area contributed by atoms with Gasteiger partial charge in [0.15, 0.2) is 5.76 Å². The van der Waals surface area contributed by atoms with E-state index in [-0.39, 0.29) is 11.5 Å². The number of carbonyl (C=O) groups is 2. The van der Waals surface area contributed by atoms with Crippen molar-refractivity contribution in [2.75, 3.05) is 0 Å². The third kappa shape index (κ3) is 4.32. The molecule has 1 aliphatic rings. The Morgan fingerprint density at radius 2 is 1.68 bits per heavy atom. The van der Waals surface area contributed by atoms with Crippen molar-refractivity contribution < 1.29 is 19.1 Å². The van der Waals surface area contributed by atoms with Crippen molar-refractivity contribution in [1.82, 2.24) is 0 Å². The Kier molecular flexibility index (Phi) is 5.79. The van der Waals surface area contributed by atoms with E-state index in [4.69, 9.17) is 9.47 Å². The summed E-state index contributed by atoms with van der Waals surface area (Å²) in [7, 11) is 0. The summed E-state index contributed by atoms with van der Waals surface area (Å²) in [4.78, 5) is 25.3. The summed E-state index contributed by atoms with van der Waals surface area (Å²) >= 11 is 3.35. The predicted molar refractivity (Wildman–Crippen MR) is 124 cm³/mol. The first-order valence-corrected chi connectivity index (χ1v) is 10.8. The molecular formula is C26H21BrO4. The van der Waals surface area contributed by atoms with Crippen LogP contribution in [0.4, 0.5) is 0 Å². The van der Waals surface area contributed by atoms with Gasteiger partial charge in [-0.25, -0.2) is 4.79 Å². The topological polar surface area (TPSA) is 52.6 Å². The zero-order chi connectivity index (χ0) is 22.1. The molecule has 1 aliphatic heterocycles. The lowest BCUT2D eigenvalue weighted by Crippen LogP contribution is -2.09. The highest BCUT2D eigenvalue weighted by Gasteiger charge is 2.30. The second-order valence-corrected chi connectivity index (χ2v) is 8.64. The Labute approximate surface area is 189 Å². The number of rotatable bonds is 4. The SMILES string of the molecule is Cc1c(OC(=O)c2ccc(Br)cc2)ccc2c1O/C(=C\c1ccc(C(C)C)cc1)C2=O. The van der Waals surface area contributed by atoms with E-state index in [2.05, 4.69) is 41.9 Å². The lowest BCUT2D eigenvalue weighted by molar-refractivity contribution is 0.0733. The van der Waals surface area contributed by atoms with Crippen molar-refractivity contribution in [3.8, 4) is 11.5 Å². The first-order chi connectivity index (χ1) is 14.8. The fraction of sp³-hybridized carbons (Fsp3) is 0.154. The number of benzene rings is 3. The molecule has 0 N–H and O–H groups in total. The number of halogens is 1. The molecule has 156 valence electrons. The maximum Gasteiger partial charge on any atom is 0.343 e. The van der Waals surface area contributed by atoms with Gasteiger partial charge < -0.3 is 9.47 Å². The van der Waals surface area contributed by atoms with E-state index in [1.807, 2.05) is 12.1 Å². The summed E-state index contributed by atoms with van der Waals surface area (Å²) < 4.78 is 12.3. The van der Waals surface area contributed by atoms with Crippen LogP contribution < -0.4 is 9.47 Å². The molecule has 0 saturated carbocycles. The minimum atomic E-state index is -0.471. The number of ether oxygens (including phenoxy) is 2. The molecule has 0 bridgehead atoms. The second kappa shape index (κ2) is 8.52. The van der Waals surface area contributed by atoms with Gasteiger partial charge in [-0.3, -0.25) is 4.79 Å². The van der Waals surface area contributed by atoms with Crippen LogP contribution in [0.25, 0.3) is 6.08 Å². The van der Waals surface area contributed by atoms with Crippen LogP contribution >= 0.6 is 15.9 Å². The second-order valence-electron chi connectivity index (χ2n) is 7.72. The maximum atomic E-state index is 12.8. The fourth-order valence-electron chi connectivity index (χ4n) is 3.35. The van der Waals surface area contributed by atoms with Crippen LogP contribution in [-0.2, 0) is 0 Å². The first kappa shape index (κ1) is 21.1. The van der Waals surface area contributed by atoms with E-state index in [1.54, 1.807) is 49.4 Å². The van der Waals surface area contributed by atoms with Gasteiger partial charge in [-0.05, 0) is 66.4 Å². The zero-order valence-electron chi connectivity index (χ0n) is 17.4. The molecule has 31 heavy (non-hydrogen) atoms. The minimum absolute atomic E-state index is 0.183. The number of ketones is 1. The predicted octanol–water partition coefficient (Wildman–Crippen LogP) is 6.72. The van der Waals surface area contributed by atoms with Gasteiger partial charge in [-0.15, -0.1) is 0 Å². The number of carbonyl (C=O) groups excluding carboxylic acids is 2. The number of esters is 1. The van der Waals surface area contributed by atoms with Crippen molar-refractivity contribution in [2.24, 2.45) is 0 Å². The van der Waals surface area contributed by atoms with E-state index in [0.717, 1.165) is 10.0 Å². The summed E-state index contributed by atoms with van der Waals surface area (Å²) in [6.07, 6.45) is 1.74. The van der Waals surface area contributed by atoms with Gasteiger partial charge in [0.2, 0.25) is 5.78 Å². The summed E-state index contributed by atoms with van der Waals surface area (Å²) in [6, 6.07) is 18.2. The van der Waals surface area contributed by atoms with Crippen molar-refractivity contribution in [3.05, 3.63) is 98.7 Å². The number of Topliss-reactive ketones (excluding diaryl/α,β-unsaturated/α-hetero) is 1. The zero-order valence-corrected chi connectivity index (χ0v) is 19.0. The number of hydrogen-bond acceptors (Lipinski definition) is 4. The molecule has 3 aromatic rings. The average molecular weight is 477 g/mol. The standard InChI is InChI=1S/C26H21BrO4/c1-15(2)18-6-4-17(5-7-18)14-23-24(28)21-12-13-22(16(3)25(21)30-23)31-26(29)19-8-10-20(27)11-9-19/h4-15H,1-3H3/b23-14-. The summed E-state index contributed by atoms with van der Waals surface area (Å²) in [5.41, 5.74) is 3.63. The van der Waals surface area contributed by atoms with Crippen LogP contribution in [0, 0.1) is 6.92 Å². The van der Waals surface area contributed by atoms with Crippen LogP contribution in [0.15, 0.2) is 70.9 Å². The molecule has 0 saturated heterocycles. The van der Waals surface area contributed by atoms with E-state index in [9.17, 15) is 9.59 Å². The minimum Gasteiger partial charge on any atom is -0.452 e. The van der Waals surface area contributed by atoms with Crippen LogP contribution in [0.2, 0.25) is 0 Å². The Morgan fingerprint density at radius 3 is 2.32 bits per heavy atom. The normalized spacial score (nSPS) is 14.0. The highest BCUT2D eigenvalue weighted by atomic mass is 79.9. The van der Waals surface area contributed by atoms with Gasteiger partial charge in [0.25, 0.3) is 0 Å². The van der Waals surface area contributed by atoms with Crippen molar-refractivity contribution in [1.29, 1.82) is 0 Å². The third-order valence-corrected chi connectivity index (χ3v) is 5.75. The lowest BCUT2D eigenvalue weighted by atomic mass is 10.0. The summed E-state index contributed by atoms with van der Waals surface area (Å²) in [5.74, 6) is 0.833. The molecule has 0 aliphatic carbocycles. The van der Waals surface area contributed by atoms with Crippen molar-refractivity contribution >= 4 is 33.8 Å². The molecule has 4 nitrogen and oxygen atoms in total. The molecule has 4 rings (SSSR count). The van der Waals surface area contributed by atoms with Gasteiger partial charge >= 0.3 is 5.97 Å². The Bertz CT molecular complexity index is 1190. The van der Waals surface area contributed by atoms with Gasteiger partial charge in [0.05, 0.1) is 11.1 Å². The van der Waals surface area contributed by atoms with Crippen molar-refractivity contribution in [3.63, 3.8) is 0 Å². The van der Waals surface area contributed by atoms with E-state index in [1.165, 1.54) is 5.56 Å². The largest absolute Gasteiger partial charge is 0.452 e. The molecule has 0 atom stereocenters. The molecule has 5 heteroatoms. The van der Waals surface area contributed by atoms with E-state index < -0.39 is 5.97 Å². The van der Waals surface area contributed by atoms with Crippen molar-refractivity contribution in [2.45, 2.75) is 26.7 Å². The van der Waals surface area contributed by atoms with Crippen LogP contribution in [0.5, 0.6) is 11.5 Å². The third-order valence-electron chi connectivity index (χ3n) is 5.22. The Morgan fingerprint density at radius 1 is 1.00 bits per heavy atom. The first-order valence-electron chi connectivity index (χ1n) is 9.99. The van der Waals surface area contributed by atoms with Crippen LogP contribution in [-0.4, -0.2) is 11.8 Å². The lowest BCUT2D eigenvalue weighted by Gasteiger charge is -2.10. The number of fused-ring (bicyclic) bond motifs is 1. The quantitative estimate of drug-likeness (QED) is 0.238. The van der Waals surface area contributed by atoms with Crippen LogP contribution in [0.1, 0.15) is 57.2 Å². The average Bonchev–Trinajstić information content (AvgIpc) is 3.07. The van der Waals surface area contributed by atoms with Gasteiger partial charge in [0.1, 0.15) is 11.5 Å². The fourth-order valence-corrected chi connectivity index (χ4v) is 3.62. The highest BCUT2D eigenvalue weighted by Crippen LogP contribution is 2.39. The summed E-state index contributed by atoms with van der Waals surface area (Å²) in [6.45, 7) is 6.05. The molecular weight excluding hydrogens is 456 g/mol. The maximum absolute atomic E-state index is 12.8. The number of hydrogen-bond donors (Lipinski definition) is 0. The molecule has 1 heterocycles. The van der Waals surface area contributed by atoms with Gasteiger partial charge in [-0.1, -0.05) is 54.0 Å². The van der Waals surface area contributed by atoms with E-state index in [0.29, 0.717) is 34.1 Å². The number of allylic oxidation sites excluding steroid dienone is 1. The molecule has 0 aromatic heterocycles. The molecule has 3 aromatic carbocycles. The molecule has 0 fully saturated rings. The Balaban J connectivity index is 1.57.